The Kier molecular flexibility index (Phi) is 3.54. The zero-order valence-corrected chi connectivity index (χ0v) is 10.9. The van der Waals surface area contributed by atoms with Crippen LogP contribution in [-0.4, -0.2) is 26.1 Å². The first-order valence-electron chi connectivity index (χ1n) is 6.62. The van der Waals surface area contributed by atoms with E-state index in [-0.39, 0.29) is 11.8 Å². The van der Waals surface area contributed by atoms with Gasteiger partial charge in [-0.1, -0.05) is 18.2 Å². The molecule has 2 aromatic rings. The number of hydrogen-bond acceptors (Lipinski definition) is 4. The van der Waals surface area contributed by atoms with E-state index in [4.69, 9.17) is 0 Å². The van der Waals surface area contributed by atoms with E-state index < -0.39 is 0 Å². The van der Waals surface area contributed by atoms with Crippen LogP contribution in [0.3, 0.4) is 0 Å². The topological polar surface area (TPSA) is 83.6 Å². The number of nitrogens with zero attached hydrogens (tertiary/aromatic N) is 3. The molecule has 20 heavy (non-hydrogen) atoms. The van der Waals surface area contributed by atoms with E-state index in [1.165, 1.54) is 0 Å². The van der Waals surface area contributed by atoms with Gasteiger partial charge in [-0.3, -0.25) is 20.2 Å². The molecule has 0 fully saturated rings. The molecule has 0 saturated heterocycles. The molecule has 3 rings (SSSR count). The molecule has 1 aliphatic carbocycles. The van der Waals surface area contributed by atoms with E-state index in [1.54, 1.807) is 6.20 Å². The highest BCUT2D eigenvalue weighted by Crippen LogP contribution is 2.20. The van der Waals surface area contributed by atoms with Crippen molar-refractivity contribution in [2.24, 2.45) is 5.92 Å². The Balaban J connectivity index is 1.68. The first-order valence-corrected chi connectivity index (χ1v) is 6.62. The summed E-state index contributed by atoms with van der Waals surface area (Å²) < 4.78 is 0. The third kappa shape index (κ3) is 2.74. The van der Waals surface area contributed by atoms with Gasteiger partial charge in [-0.15, -0.1) is 5.10 Å². The van der Waals surface area contributed by atoms with Gasteiger partial charge in [-0.2, -0.15) is 4.98 Å². The number of hydrogen-bond donors (Lipinski definition) is 2. The third-order valence-corrected chi connectivity index (χ3v) is 3.27. The Morgan fingerprint density at radius 2 is 2.30 bits per heavy atom. The zero-order valence-electron chi connectivity index (χ0n) is 10.9. The lowest BCUT2D eigenvalue weighted by atomic mass is 9.94. The van der Waals surface area contributed by atoms with Crippen LogP contribution in [0.5, 0.6) is 0 Å². The van der Waals surface area contributed by atoms with Crippen LogP contribution in [-0.2, 0) is 4.79 Å². The number of amides is 1. The Morgan fingerprint density at radius 1 is 1.35 bits per heavy atom. The van der Waals surface area contributed by atoms with Crippen molar-refractivity contribution in [3.8, 4) is 11.5 Å². The van der Waals surface area contributed by atoms with Crippen molar-refractivity contribution in [1.82, 2.24) is 20.2 Å². The first-order chi connectivity index (χ1) is 9.83. The van der Waals surface area contributed by atoms with Gasteiger partial charge in [0.15, 0.2) is 5.82 Å². The molecule has 0 unspecified atom stereocenters. The van der Waals surface area contributed by atoms with Crippen molar-refractivity contribution in [3.05, 3.63) is 36.5 Å². The maximum absolute atomic E-state index is 12.1. The van der Waals surface area contributed by atoms with Crippen LogP contribution in [0.2, 0.25) is 0 Å². The molecular weight excluding hydrogens is 254 g/mol. The van der Waals surface area contributed by atoms with Crippen molar-refractivity contribution in [2.45, 2.75) is 19.3 Å². The molecule has 0 aromatic carbocycles. The van der Waals surface area contributed by atoms with Gasteiger partial charge in [-0.05, 0) is 31.4 Å². The highest BCUT2D eigenvalue weighted by Gasteiger charge is 2.20. The quantitative estimate of drug-likeness (QED) is 0.836. The van der Waals surface area contributed by atoms with E-state index >= 15 is 0 Å². The van der Waals surface area contributed by atoms with Crippen LogP contribution in [0.1, 0.15) is 19.3 Å². The second-order valence-electron chi connectivity index (χ2n) is 4.69. The van der Waals surface area contributed by atoms with Gasteiger partial charge in [0.1, 0.15) is 5.69 Å². The second kappa shape index (κ2) is 5.64. The minimum Gasteiger partial charge on any atom is -0.293 e. The molecule has 1 atom stereocenters. The van der Waals surface area contributed by atoms with Crippen LogP contribution >= 0.6 is 0 Å². The molecule has 2 aromatic heterocycles. The molecule has 2 N–H and O–H groups in total. The van der Waals surface area contributed by atoms with Gasteiger partial charge in [0.2, 0.25) is 11.9 Å². The standard InChI is InChI=1S/C14H15N5O/c20-13(10-6-2-1-3-7-10)17-14-16-12(18-19-14)11-8-4-5-9-15-11/h1-2,4-5,8-10H,3,6-7H2,(H2,16,17,18,19,20)/t10-/m0/s1. The number of carbonyl (C=O) groups is 1. The van der Waals surface area contributed by atoms with E-state index in [9.17, 15) is 4.79 Å². The molecule has 2 heterocycles. The number of pyridine rings is 1. The van der Waals surface area contributed by atoms with Gasteiger partial charge in [-0.25, -0.2) is 0 Å². The van der Waals surface area contributed by atoms with Crippen LogP contribution < -0.4 is 5.32 Å². The summed E-state index contributed by atoms with van der Waals surface area (Å²) >= 11 is 0. The number of carbonyl (C=O) groups excluding carboxylic acids is 1. The normalized spacial score (nSPS) is 17.9. The van der Waals surface area contributed by atoms with Crippen molar-refractivity contribution in [2.75, 3.05) is 5.32 Å². The van der Waals surface area contributed by atoms with E-state index in [1.807, 2.05) is 24.3 Å². The van der Waals surface area contributed by atoms with Crippen molar-refractivity contribution in [3.63, 3.8) is 0 Å². The number of rotatable bonds is 3. The maximum Gasteiger partial charge on any atom is 0.249 e. The molecule has 0 spiro atoms. The maximum atomic E-state index is 12.1. The summed E-state index contributed by atoms with van der Waals surface area (Å²) in [6, 6.07) is 5.54. The second-order valence-corrected chi connectivity index (χ2v) is 4.69. The molecule has 102 valence electrons. The molecule has 0 aliphatic heterocycles. The molecular formula is C14H15N5O. The number of anilines is 1. The van der Waals surface area contributed by atoms with Crippen LogP contribution in [0.25, 0.3) is 11.5 Å². The summed E-state index contributed by atoms with van der Waals surface area (Å²) in [5.41, 5.74) is 0.695. The lowest BCUT2D eigenvalue weighted by Gasteiger charge is -2.15. The van der Waals surface area contributed by atoms with Crippen molar-refractivity contribution >= 4 is 11.9 Å². The fourth-order valence-corrected chi connectivity index (χ4v) is 2.18. The zero-order chi connectivity index (χ0) is 13.8. The number of aromatic nitrogens is 4. The number of nitrogens with one attached hydrogen (secondary N) is 2. The lowest BCUT2D eigenvalue weighted by Crippen LogP contribution is -2.24. The Morgan fingerprint density at radius 3 is 3.05 bits per heavy atom. The average Bonchev–Trinajstić information content (AvgIpc) is 2.97. The van der Waals surface area contributed by atoms with Gasteiger partial charge in [0.05, 0.1) is 0 Å². The molecule has 6 heteroatoms. The Bertz CT molecular complexity index is 620. The summed E-state index contributed by atoms with van der Waals surface area (Å²) in [5, 5.41) is 9.53. The largest absolute Gasteiger partial charge is 0.293 e. The summed E-state index contributed by atoms with van der Waals surface area (Å²) in [4.78, 5) is 20.5. The highest BCUT2D eigenvalue weighted by atomic mass is 16.2. The fraction of sp³-hybridized carbons (Fsp3) is 0.286. The Labute approximate surface area is 116 Å². The van der Waals surface area contributed by atoms with E-state index in [2.05, 4.69) is 31.6 Å². The summed E-state index contributed by atoms with van der Waals surface area (Å²) in [7, 11) is 0. The third-order valence-electron chi connectivity index (χ3n) is 3.27. The van der Waals surface area contributed by atoms with Crippen LogP contribution in [0.4, 0.5) is 5.95 Å². The number of allylic oxidation sites excluding steroid dienone is 2. The fourth-order valence-electron chi connectivity index (χ4n) is 2.18. The molecule has 1 aliphatic rings. The smallest absolute Gasteiger partial charge is 0.249 e. The number of H-pyrrole nitrogens is 1. The minimum atomic E-state index is -0.0269. The van der Waals surface area contributed by atoms with Gasteiger partial charge in [0, 0.05) is 12.1 Å². The minimum absolute atomic E-state index is 0.0109. The van der Waals surface area contributed by atoms with Crippen LogP contribution in [0.15, 0.2) is 36.5 Å². The molecule has 0 radical (unpaired) electrons. The van der Waals surface area contributed by atoms with Crippen LogP contribution in [0, 0.1) is 5.92 Å². The van der Waals surface area contributed by atoms with Crippen molar-refractivity contribution < 1.29 is 4.79 Å². The van der Waals surface area contributed by atoms with Gasteiger partial charge >= 0.3 is 0 Å². The lowest BCUT2D eigenvalue weighted by molar-refractivity contribution is -0.120. The summed E-state index contributed by atoms with van der Waals surface area (Å²) in [5.74, 6) is 0.826. The Hall–Kier alpha value is -2.50. The monoisotopic (exact) mass is 269 g/mol. The average molecular weight is 269 g/mol. The summed E-state index contributed by atoms with van der Waals surface area (Å²) in [6.07, 6.45) is 8.44. The van der Waals surface area contributed by atoms with Gasteiger partial charge < -0.3 is 0 Å². The molecule has 0 saturated carbocycles. The SMILES string of the molecule is O=C(Nc1n[nH]c(-c2ccccn2)n1)[C@H]1CC=CCC1. The highest BCUT2D eigenvalue weighted by molar-refractivity contribution is 5.91. The molecule has 6 nitrogen and oxygen atoms in total. The van der Waals surface area contributed by atoms with E-state index in [0.717, 1.165) is 19.3 Å². The molecule has 0 bridgehead atoms. The first kappa shape index (κ1) is 12.5. The number of aromatic amines is 1. The van der Waals surface area contributed by atoms with Crippen molar-refractivity contribution in [1.29, 1.82) is 0 Å². The van der Waals surface area contributed by atoms with E-state index in [0.29, 0.717) is 17.5 Å². The predicted molar refractivity (Wildman–Crippen MR) is 74.7 cm³/mol. The predicted octanol–water partition coefficient (Wildman–Crippen LogP) is 2.16. The van der Waals surface area contributed by atoms with Gasteiger partial charge in [0.25, 0.3) is 0 Å². The summed E-state index contributed by atoms with van der Waals surface area (Å²) in [6.45, 7) is 0. The molecule has 1 amide bonds.